The number of halogens is 3. The summed E-state index contributed by atoms with van der Waals surface area (Å²) in [6.45, 7) is -0.389. The highest BCUT2D eigenvalue weighted by molar-refractivity contribution is 9.10. The number of nitrogens with zero attached hydrogens (tertiary/aromatic N) is 1. The van der Waals surface area contributed by atoms with Crippen molar-refractivity contribution in [2.75, 3.05) is 11.9 Å². The van der Waals surface area contributed by atoms with Crippen molar-refractivity contribution in [3.05, 3.63) is 79.8 Å². The minimum absolute atomic E-state index is 0.157. The largest absolute Gasteiger partial charge is 0.457 e. The van der Waals surface area contributed by atoms with Crippen LogP contribution in [0.4, 0.5) is 10.5 Å². The third-order valence-corrected chi connectivity index (χ3v) is 6.68. The number of nitrogens with one attached hydrogen (secondary N) is 1. The Bertz CT molecular complexity index is 1260. The molecule has 0 unspecified atom stereocenters. The van der Waals surface area contributed by atoms with Crippen LogP contribution in [0.5, 0.6) is 0 Å². The van der Waals surface area contributed by atoms with E-state index < -0.39 is 17.1 Å². The van der Waals surface area contributed by atoms with E-state index in [1.54, 1.807) is 54.6 Å². The molecular formula is C22H13BrCl2N2O4S. The highest BCUT2D eigenvalue weighted by Crippen LogP contribution is 2.36. The number of imide groups is 1. The van der Waals surface area contributed by atoms with Gasteiger partial charge in [-0.05, 0) is 60.3 Å². The van der Waals surface area contributed by atoms with E-state index in [0.717, 1.165) is 21.1 Å². The van der Waals surface area contributed by atoms with Crippen molar-refractivity contribution < 1.29 is 18.8 Å². The second-order valence-electron chi connectivity index (χ2n) is 6.63. The fraction of sp³-hybridized carbons (Fsp3) is 0.0455. The van der Waals surface area contributed by atoms with Gasteiger partial charge in [0, 0.05) is 21.8 Å². The summed E-state index contributed by atoms with van der Waals surface area (Å²) < 4.78 is 6.62. The first-order valence-electron chi connectivity index (χ1n) is 9.17. The lowest BCUT2D eigenvalue weighted by molar-refractivity contribution is -0.127. The fourth-order valence-corrected chi connectivity index (χ4v) is 4.39. The predicted molar refractivity (Wildman–Crippen MR) is 130 cm³/mol. The molecule has 10 heteroatoms. The van der Waals surface area contributed by atoms with E-state index in [0.29, 0.717) is 32.8 Å². The van der Waals surface area contributed by atoms with E-state index in [9.17, 15) is 14.4 Å². The molecule has 1 fully saturated rings. The molecule has 0 saturated carbocycles. The van der Waals surface area contributed by atoms with Crippen LogP contribution in [0, 0.1) is 0 Å². The van der Waals surface area contributed by atoms with E-state index in [-0.39, 0.29) is 11.4 Å². The van der Waals surface area contributed by atoms with Crippen LogP contribution in [0.25, 0.3) is 17.4 Å². The first-order chi connectivity index (χ1) is 15.3. The highest BCUT2D eigenvalue weighted by Gasteiger charge is 2.36. The number of furan rings is 1. The summed E-state index contributed by atoms with van der Waals surface area (Å²) in [5.41, 5.74) is 1.17. The number of rotatable bonds is 5. The Morgan fingerprint density at radius 3 is 2.59 bits per heavy atom. The Morgan fingerprint density at radius 1 is 1.09 bits per heavy atom. The molecule has 0 radical (unpaired) electrons. The van der Waals surface area contributed by atoms with Gasteiger partial charge in [-0.1, -0.05) is 45.2 Å². The van der Waals surface area contributed by atoms with Crippen LogP contribution < -0.4 is 5.32 Å². The van der Waals surface area contributed by atoms with Crippen LogP contribution in [0.2, 0.25) is 10.0 Å². The van der Waals surface area contributed by atoms with Crippen LogP contribution in [0.3, 0.4) is 0 Å². The number of benzene rings is 2. The van der Waals surface area contributed by atoms with Gasteiger partial charge in [0.25, 0.3) is 11.1 Å². The standard InChI is InChI=1S/C22H13BrCl2N2O4S/c23-12-4-6-13(7-5-12)26-19(28)11-27-21(29)18(32-22(27)30)10-14-8-9-17(31-14)15-2-1-3-16(24)20(15)25/h1-10H,11H2,(H,26,28)/b18-10+. The second kappa shape index (κ2) is 9.54. The molecule has 1 aliphatic heterocycles. The normalized spacial score (nSPS) is 15.0. The number of hydrogen-bond acceptors (Lipinski definition) is 5. The predicted octanol–water partition coefficient (Wildman–Crippen LogP) is 6.69. The minimum Gasteiger partial charge on any atom is -0.457 e. The van der Waals surface area contributed by atoms with Crippen molar-refractivity contribution in [3.63, 3.8) is 0 Å². The third kappa shape index (κ3) is 4.94. The van der Waals surface area contributed by atoms with Crippen molar-refractivity contribution in [1.82, 2.24) is 4.90 Å². The molecule has 1 aromatic heterocycles. The topological polar surface area (TPSA) is 79.6 Å². The molecule has 0 bridgehead atoms. The maximum absolute atomic E-state index is 12.7. The molecule has 3 amide bonds. The highest BCUT2D eigenvalue weighted by atomic mass is 79.9. The first kappa shape index (κ1) is 22.7. The molecule has 162 valence electrons. The van der Waals surface area contributed by atoms with Crippen molar-refractivity contribution >= 4 is 79.7 Å². The summed E-state index contributed by atoms with van der Waals surface area (Å²) in [5.74, 6) is -0.214. The molecule has 3 aromatic rings. The molecule has 2 heterocycles. The lowest BCUT2D eigenvalue weighted by Gasteiger charge is -2.12. The van der Waals surface area contributed by atoms with Crippen molar-refractivity contribution in [2.45, 2.75) is 0 Å². The van der Waals surface area contributed by atoms with Crippen molar-refractivity contribution in [3.8, 4) is 11.3 Å². The zero-order valence-electron chi connectivity index (χ0n) is 16.1. The number of amides is 3. The number of thioether (sulfide) groups is 1. The van der Waals surface area contributed by atoms with Crippen molar-refractivity contribution in [1.29, 1.82) is 0 Å². The zero-order valence-corrected chi connectivity index (χ0v) is 20.0. The van der Waals surface area contributed by atoms with Crippen molar-refractivity contribution in [2.24, 2.45) is 0 Å². The number of anilines is 1. The van der Waals surface area contributed by atoms with E-state index in [2.05, 4.69) is 21.2 Å². The molecule has 0 spiro atoms. The molecule has 0 aliphatic carbocycles. The molecule has 0 atom stereocenters. The summed E-state index contributed by atoms with van der Waals surface area (Å²) >= 11 is 16.3. The van der Waals surface area contributed by atoms with Gasteiger partial charge in [0.05, 0.1) is 15.0 Å². The Balaban J connectivity index is 1.47. The summed E-state index contributed by atoms with van der Waals surface area (Å²) in [6.07, 6.45) is 1.46. The molecular weight excluding hydrogens is 539 g/mol. The minimum atomic E-state index is -0.565. The van der Waals surface area contributed by atoms with E-state index in [4.69, 9.17) is 27.6 Å². The number of hydrogen-bond donors (Lipinski definition) is 1. The molecule has 1 N–H and O–H groups in total. The van der Waals surface area contributed by atoms with Gasteiger partial charge in [-0.15, -0.1) is 0 Å². The third-order valence-electron chi connectivity index (χ3n) is 4.42. The quantitative estimate of drug-likeness (QED) is 0.357. The molecule has 1 aliphatic rings. The SMILES string of the molecule is O=C(CN1C(=O)S/C(=C/c2ccc(-c3cccc(Cl)c3Cl)o2)C1=O)Nc1ccc(Br)cc1. The van der Waals surface area contributed by atoms with Crippen LogP contribution in [-0.2, 0) is 9.59 Å². The molecule has 2 aromatic carbocycles. The van der Waals surface area contributed by atoms with Gasteiger partial charge in [0.2, 0.25) is 5.91 Å². The number of carbonyl (C=O) groups excluding carboxylic acids is 3. The lowest BCUT2D eigenvalue weighted by Crippen LogP contribution is -2.36. The zero-order chi connectivity index (χ0) is 22.8. The van der Waals surface area contributed by atoms with Gasteiger partial charge >= 0.3 is 0 Å². The van der Waals surface area contributed by atoms with Gasteiger partial charge in [-0.3, -0.25) is 19.3 Å². The maximum Gasteiger partial charge on any atom is 0.294 e. The van der Waals surface area contributed by atoms with Crippen LogP contribution in [0.1, 0.15) is 5.76 Å². The molecule has 4 rings (SSSR count). The fourth-order valence-electron chi connectivity index (χ4n) is 2.91. The molecule has 1 saturated heterocycles. The Kier molecular flexibility index (Phi) is 6.76. The van der Waals surface area contributed by atoms with Gasteiger partial charge < -0.3 is 9.73 Å². The summed E-state index contributed by atoms with van der Waals surface area (Å²) in [5, 5.41) is 2.87. The monoisotopic (exact) mass is 550 g/mol. The average Bonchev–Trinajstić information content (AvgIpc) is 3.32. The number of carbonyl (C=O) groups is 3. The van der Waals surface area contributed by atoms with Gasteiger partial charge in [-0.2, -0.15) is 0 Å². The lowest BCUT2D eigenvalue weighted by atomic mass is 10.2. The Labute approximate surface area is 205 Å². The van der Waals surface area contributed by atoms with E-state index >= 15 is 0 Å². The van der Waals surface area contributed by atoms with E-state index in [1.165, 1.54) is 6.08 Å². The average molecular weight is 552 g/mol. The Morgan fingerprint density at radius 2 is 1.84 bits per heavy atom. The maximum atomic E-state index is 12.7. The van der Waals surface area contributed by atoms with Crippen LogP contribution in [-0.4, -0.2) is 28.5 Å². The Hall–Kier alpha value is -2.52. The van der Waals surface area contributed by atoms with Gasteiger partial charge in [0.15, 0.2) is 0 Å². The van der Waals surface area contributed by atoms with Gasteiger partial charge in [0.1, 0.15) is 18.1 Å². The summed E-state index contributed by atoms with van der Waals surface area (Å²) in [6, 6.07) is 15.5. The summed E-state index contributed by atoms with van der Waals surface area (Å²) in [7, 11) is 0. The second-order valence-corrected chi connectivity index (χ2v) is 9.32. The summed E-state index contributed by atoms with van der Waals surface area (Å²) in [4.78, 5) is 38.3. The van der Waals surface area contributed by atoms with Crippen LogP contribution in [0.15, 0.2) is 68.4 Å². The van der Waals surface area contributed by atoms with Crippen LogP contribution >= 0.6 is 50.9 Å². The molecule has 6 nitrogen and oxygen atoms in total. The van der Waals surface area contributed by atoms with E-state index in [1.807, 2.05) is 0 Å². The molecule has 32 heavy (non-hydrogen) atoms. The first-order valence-corrected chi connectivity index (χ1v) is 11.5. The smallest absolute Gasteiger partial charge is 0.294 e. The van der Waals surface area contributed by atoms with Gasteiger partial charge in [-0.25, -0.2) is 0 Å².